The van der Waals surface area contributed by atoms with Crippen molar-refractivity contribution in [1.29, 1.82) is 0 Å². The van der Waals surface area contributed by atoms with E-state index >= 15 is 0 Å². The van der Waals surface area contributed by atoms with Crippen LogP contribution in [0, 0.1) is 0 Å². The number of likely N-dealkylation sites (N-methyl/N-ethyl adjacent to an activating group) is 2. The molecule has 1 heterocycles. The first-order valence-electron chi connectivity index (χ1n) is 14.2. The SMILES string of the molecule is CN(C)C(=O)C1(N2CCN(CC[C@H](CN(C)C(=O)c3ccccc3)c3ccc(Cl)c(Cl)c3)CC2)CCCCC1. The lowest BCUT2D eigenvalue weighted by Crippen LogP contribution is -2.63. The van der Waals surface area contributed by atoms with Crippen LogP contribution in [0.1, 0.15) is 60.4 Å². The minimum absolute atomic E-state index is 0.0117. The number of rotatable bonds is 9. The number of amides is 2. The molecule has 39 heavy (non-hydrogen) atoms. The van der Waals surface area contributed by atoms with E-state index < -0.39 is 0 Å². The van der Waals surface area contributed by atoms with Crippen LogP contribution in [0.15, 0.2) is 48.5 Å². The molecule has 2 aromatic carbocycles. The van der Waals surface area contributed by atoms with Crippen LogP contribution in [0.25, 0.3) is 0 Å². The molecule has 0 spiro atoms. The van der Waals surface area contributed by atoms with Gasteiger partial charge in [0.25, 0.3) is 5.91 Å². The van der Waals surface area contributed by atoms with E-state index in [1.54, 1.807) is 9.80 Å². The van der Waals surface area contributed by atoms with Crippen molar-refractivity contribution < 1.29 is 9.59 Å². The Morgan fingerprint density at radius 1 is 0.897 bits per heavy atom. The van der Waals surface area contributed by atoms with Crippen LogP contribution in [0.4, 0.5) is 0 Å². The Hall–Kier alpha value is -2.12. The van der Waals surface area contributed by atoms with Gasteiger partial charge in [-0.2, -0.15) is 0 Å². The van der Waals surface area contributed by atoms with Crippen LogP contribution in [-0.2, 0) is 4.79 Å². The number of hydrogen-bond acceptors (Lipinski definition) is 4. The molecule has 0 bridgehead atoms. The van der Waals surface area contributed by atoms with Gasteiger partial charge >= 0.3 is 0 Å². The lowest BCUT2D eigenvalue weighted by atomic mass is 9.78. The summed E-state index contributed by atoms with van der Waals surface area (Å²) >= 11 is 12.6. The Labute approximate surface area is 243 Å². The fourth-order valence-corrected chi connectivity index (χ4v) is 6.61. The van der Waals surface area contributed by atoms with Gasteiger partial charge in [0.1, 0.15) is 5.54 Å². The first-order valence-corrected chi connectivity index (χ1v) is 14.9. The van der Waals surface area contributed by atoms with E-state index in [0.717, 1.165) is 70.4 Å². The number of nitrogens with zero attached hydrogens (tertiary/aromatic N) is 4. The molecule has 4 rings (SSSR count). The van der Waals surface area contributed by atoms with Gasteiger partial charge in [-0.05, 0) is 55.6 Å². The van der Waals surface area contributed by atoms with Crippen molar-refractivity contribution in [3.05, 3.63) is 69.7 Å². The molecule has 2 amide bonds. The highest BCUT2D eigenvalue weighted by atomic mass is 35.5. The van der Waals surface area contributed by atoms with Gasteiger partial charge in [0.15, 0.2) is 0 Å². The molecule has 8 heteroatoms. The van der Waals surface area contributed by atoms with Gasteiger partial charge in [-0.1, -0.05) is 66.7 Å². The van der Waals surface area contributed by atoms with Crippen molar-refractivity contribution >= 4 is 35.0 Å². The fraction of sp³-hybridized carbons (Fsp3) is 0.548. The monoisotopic (exact) mass is 572 g/mol. The average molecular weight is 574 g/mol. The summed E-state index contributed by atoms with van der Waals surface area (Å²) in [6, 6.07) is 15.2. The van der Waals surface area contributed by atoms with E-state index in [2.05, 4.69) is 9.80 Å². The molecule has 1 aliphatic carbocycles. The Balaban J connectivity index is 1.41. The van der Waals surface area contributed by atoms with Crippen molar-refractivity contribution in [3.63, 3.8) is 0 Å². The molecule has 0 N–H and O–H groups in total. The molecule has 1 saturated carbocycles. The quantitative estimate of drug-likeness (QED) is 0.389. The molecule has 0 radical (unpaired) electrons. The first-order chi connectivity index (χ1) is 18.7. The topological polar surface area (TPSA) is 47.1 Å². The Morgan fingerprint density at radius 2 is 1.56 bits per heavy atom. The highest BCUT2D eigenvalue weighted by Crippen LogP contribution is 2.36. The summed E-state index contributed by atoms with van der Waals surface area (Å²) < 4.78 is 0. The van der Waals surface area contributed by atoms with Crippen molar-refractivity contribution in [1.82, 2.24) is 19.6 Å². The van der Waals surface area contributed by atoms with Gasteiger partial charge in [-0.3, -0.25) is 14.5 Å². The molecule has 6 nitrogen and oxygen atoms in total. The normalized spacial score (nSPS) is 18.9. The predicted octanol–water partition coefficient (Wildman–Crippen LogP) is 5.65. The molecule has 2 fully saturated rings. The fourth-order valence-electron chi connectivity index (χ4n) is 6.30. The largest absolute Gasteiger partial charge is 0.347 e. The van der Waals surface area contributed by atoms with Crippen molar-refractivity contribution in [3.8, 4) is 0 Å². The summed E-state index contributed by atoms with van der Waals surface area (Å²) in [4.78, 5) is 34.9. The van der Waals surface area contributed by atoms with E-state index in [9.17, 15) is 9.59 Å². The van der Waals surface area contributed by atoms with E-state index in [1.807, 2.05) is 69.7 Å². The van der Waals surface area contributed by atoms with Crippen LogP contribution >= 0.6 is 23.2 Å². The number of benzene rings is 2. The summed E-state index contributed by atoms with van der Waals surface area (Å²) in [6.45, 7) is 5.20. The standard InChI is InChI=1S/C31H42Cl2N4O2/c1-34(2)30(39)31(15-8-5-9-16-31)37-20-18-36(19-21-37)17-14-26(25-12-13-27(32)28(33)22-25)23-35(3)29(38)24-10-6-4-7-11-24/h4,6-7,10-13,22,26H,5,8-9,14-21,23H2,1-3H3/t26-/m1/s1. The van der Waals surface area contributed by atoms with Crippen molar-refractivity contribution in [2.75, 3.05) is 60.4 Å². The van der Waals surface area contributed by atoms with Gasteiger partial charge in [0.2, 0.25) is 5.91 Å². The smallest absolute Gasteiger partial charge is 0.253 e. The zero-order valence-corrected chi connectivity index (χ0v) is 25.1. The number of carbonyl (C=O) groups excluding carboxylic acids is 2. The molecule has 212 valence electrons. The van der Waals surface area contributed by atoms with Crippen LogP contribution < -0.4 is 0 Å². The molecule has 1 atom stereocenters. The second-order valence-corrected chi connectivity index (χ2v) is 12.1. The molecule has 0 unspecified atom stereocenters. The van der Waals surface area contributed by atoms with E-state index in [4.69, 9.17) is 23.2 Å². The van der Waals surface area contributed by atoms with Gasteiger partial charge in [-0.15, -0.1) is 0 Å². The molecular weight excluding hydrogens is 531 g/mol. The second kappa shape index (κ2) is 13.5. The maximum atomic E-state index is 13.3. The van der Waals surface area contributed by atoms with E-state index in [-0.39, 0.29) is 23.3 Å². The molecule has 2 aliphatic rings. The summed E-state index contributed by atoms with van der Waals surface area (Å²) in [5, 5.41) is 1.07. The lowest BCUT2D eigenvalue weighted by Gasteiger charge is -2.49. The van der Waals surface area contributed by atoms with Gasteiger partial charge in [-0.25, -0.2) is 0 Å². The Kier molecular flexibility index (Phi) is 10.3. The van der Waals surface area contributed by atoms with Crippen molar-refractivity contribution in [2.24, 2.45) is 0 Å². The van der Waals surface area contributed by atoms with Crippen LogP contribution in [0.2, 0.25) is 10.0 Å². The number of hydrogen-bond donors (Lipinski definition) is 0. The highest BCUT2D eigenvalue weighted by Gasteiger charge is 2.46. The Bertz CT molecular complexity index is 1110. The van der Waals surface area contributed by atoms with Crippen LogP contribution in [0.5, 0.6) is 0 Å². The molecular formula is C31H42Cl2N4O2. The summed E-state index contributed by atoms with van der Waals surface area (Å²) in [6.07, 6.45) is 6.29. The second-order valence-electron chi connectivity index (χ2n) is 11.3. The Morgan fingerprint density at radius 3 is 2.18 bits per heavy atom. The average Bonchev–Trinajstić information content (AvgIpc) is 2.96. The number of piperazine rings is 1. The van der Waals surface area contributed by atoms with Crippen LogP contribution in [-0.4, -0.2) is 97.4 Å². The zero-order chi connectivity index (χ0) is 28.0. The van der Waals surface area contributed by atoms with Crippen molar-refractivity contribution in [2.45, 2.75) is 50.0 Å². The summed E-state index contributed by atoms with van der Waals surface area (Å²) in [5.74, 6) is 0.398. The van der Waals surface area contributed by atoms with Gasteiger partial charge in [0, 0.05) is 65.3 Å². The third-order valence-electron chi connectivity index (χ3n) is 8.53. The van der Waals surface area contributed by atoms with E-state index in [0.29, 0.717) is 22.2 Å². The minimum atomic E-state index is -0.336. The van der Waals surface area contributed by atoms with Gasteiger partial charge < -0.3 is 14.7 Å². The van der Waals surface area contributed by atoms with Gasteiger partial charge in [0.05, 0.1) is 10.0 Å². The van der Waals surface area contributed by atoms with Crippen LogP contribution in [0.3, 0.4) is 0 Å². The molecule has 2 aromatic rings. The molecule has 0 aromatic heterocycles. The minimum Gasteiger partial charge on any atom is -0.347 e. The zero-order valence-electron chi connectivity index (χ0n) is 23.5. The third-order valence-corrected chi connectivity index (χ3v) is 9.27. The molecule has 1 saturated heterocycles. The maximum absolute atomic E-state index is 13.3. The molecule has 1 aliphatic heterocycles. The first kappa shape index (κ1) is 29.9. The lowest BCUT2D eigenvalue weighted by molar-refractivity contribution is -0.146. The highest BCUT2D eigenvalue weighted by molar-refractivity contribution is 6.42. The number of halogens is 2. The number of carbonyl (C=O) groups is 2. The summed E-state index contributed by atoms with van der Waals surface area (Å²) in [5.41, 5.74) is 1.44. The maximum Gasteiger partial charge on any atom is 0.253 e. The predicted molar refractivity (Wildman–Crippen MR) is 160 cm³/mol. The van der Waals surface area contributed by atoms with E-state index in [1.165, 1.54) is 6.42 Å². The summed E-state index contributed by atoms with van der Waals surface area (Å²) in [7, 11) is 5.64. The third kappa shape index (κ3) is 7.15.